The van der Waals surface area contributed by atoms with E-state index in [1.807, 2.05) is 46.0 Å². The maximum absolute atomic E-state index is 11.6. The molecule has 3 N–H and O–H groups in total. The lowest BCUT2D eigenvalue weighted by Crippen LogP contribution is -2.49. The molecular formula is C18H30N2O3. The van der Waals surface area contributed by atoms with Crippen LogP contribution >= 0.6 is 0 Å². The predicted molar refractivity (Wildman–Crippen MR) is 92.5 cm³/mol. The van der Waals surface area contributed by atoms with Crippen molar-refractivity contribution in [1.82, 2.24) is 10.6 Å². The second-order valence-corrected chi connectivity index (χ2v) is 6.88. The first-order chi connectivity index (χ1) is 10.8. The molecule has 0 aliphatic rings. The minimum atomic E-state index is -0.489. The zero-order chi connectivity index (χ0) is 17.3. The van der Waals surface area contributed by atoms with E-state index in [1.54, 1.807) is 0 Å². The fourth-order valence-corrected chi connectivity index (χ4v) is 2.43. The normalized spacial score (nSPS) is 14.1. The number of alkyl carbamates (subject to hydrolysis) is 1. The topological polar surface area (TPSA) is 70.6 Å². The smallest absolute Gasteiger partial charge is 0.407 e. The molecular weight excluding hydrogens is 292 g/mol. The first-order valence-electron chi connectivity index (χ1n) is 8.11. The molecule has 0 aromatic heterocycles. The third kappa shape index (κ3) is 7.48. The van der Waals surface area contributed by atoms with Crippen molar-refractivity contribution >= 4 is 6.09 Å². The van der Waals surface area contributed by atoms with Crippen LogP contribution in [-0.2, 0) is 11.2 Å². The van der Waals surface area contributed by atoms with Gasteiger partial charge in [-0.1, -0.05) is 30.3 Å². The van der Waals surface area contributed by atoms with Gasteiger partial charge in [0.25, 0.3) is 0 Å². The number of aliphatic hydroxyl groups is 1. The zero-order valence-corrected chi connectivity index (χ0v) is 14.7. The Morgan fingerprint density at radius 3 is 2.39 bits per heavy atom. The number of rotatable bonds is 8. The maximum atomic E-state index is 11.6. The molecule has 23 heavy (non-hydrogen) atoms. The number of carbonyl (C=O) groups is 1. The number of hydrogen-bond acceptors (Lipinski definition) is 4. The van der Waals surface area contributed by atoms with Gasteiger partial charge in [-0.15, -0.1) is 0 Å². The minimum absolute atomic E-state index is 0.0465. The van der Waals surface area contributed by atoms with Crippen LogP contribution in [0.4, 0.5) is 4.79 Å². The number of carbonyl (C=O) groups excluding carboxylic acids is 1. The van der Waals surface area contributed by atoms with Crippen LogP contribution in [0.2, 0.25) is 0 Å². The van der Waals surface area contributed by atoms with E-state index >= 15 is 0 Å². The van der Waals surface area contributed by atoms with Gasteiger partial charge in [-0.3, -0.25) is 0 Å². The summed E-state index contributed by atoms with van der Waals surface area (Å²) in [4.78, 5) is 11.6. The lowest BCUT2D eigenvalue weighted by Gasteiger charge is -2.32. The van der Waals surface area contributed by atoms with Gasteiger partial charge < -0.3 is 20.5 Å². The molecule has 0 saturated carbocycles. The van der Waals surface area contributed by atoms with Crippen LogP contribution < -0.4 is 10.6 Å². The summed E-state index contributed by atoms with van der Waals surface area (Å²) in [5.41, 5.74) is 0.310. The standard InChI is InChI=1S/C18H30N2O3/c1-17(2,3)23-16(22)20-12-8-11-18(14-21,19-4)13-15-9-6-5-7-10-15/h5-7,9-10,19,21H,8,11-14H2,1-4H3,(H,20,22)/t18-/m1/s1. The highest BCUT2D eigenvalue weighted by atomic mass is 16.6. The summed E-state index contributed by atoms with van der Waals surface area (Å²) >= 11 is 0. The predicted octanol–water partition coefficient (Wildman–Crippen LogP) is 2.48. The summed E-state index contributed by atoms with van der Waals surface area (Å²) in [5.74, 6) is 0. The first-order valence-corrected chi connectivity index (χ1v) is 8.11. The van der Waals surface area contributed by atoms with Gasteiger partial charge in [0, 0.05) is 12.1 Å². The van der Waals surface area contributed by atoms with Gasteiger partial charge in [0.1, 0.15) is 5.60 Å². The van der Waals surface area contributed by atoms with E-state index in [9.17, 15) is 9.90 Å². The molecule has 1 rings (SSSR count). The Morgan fingerprint density at radius 2 is 1.87 bits per heavy atom. The Morgan fingerprint density at radius 1 is 1.22 bits per heavy atom. The van der Waals surface area contributed by atoms with Crippen molar-refractivity contribution in [1.29, 1.82) is 0 Å². The van der Waals surface area contributed by atoms with Crippen molar-refractivity contribution in [2.24, 2.45) is 0 Å². The van der Waals surface area contributed by atoms with E-state index < -0.39 is 11.7 Å². The van der Waals surface area contributed by atoms with Crippen LogP contribution in [0, 0.1) is 0 Å². The number of likely N-dealkylation sites (N-methyl/N-ethyl adjacent to an activating group) is 1. The molecule has 0 fully saturated rings. The van der Waals surface area contributed by atoms with E-state index in [0.29, 0.717) is 6.54 Å². The Hall–Kier alpha value is -1.59. The molecule has 0 spiro atoms. The van der Waals surface area contributed by atoms with Crippen molar-refractivity contribution in [3.8, 4) is 0 Å². The third-order valence-corrected chi connectivity index (χ3v) is 3.72. The number of aliphatic hydroxyl groups excluding tert-OH is 1. The molecule has 1 aromatic rings. The van der Waals surface area contributed by atoms with Crippen molar-refractivity contribution in [2.45, 2.75) is 51.2 Å². The molecule has 5 heteroatoms. The Kier molecular flexibility index (Phi) is 7.52. The molecule has 0 unspecified atom stereocenters. The average Bonchev–Trinajstić information content (AvgIpc) is 2.50. The lowest BCUT2D eigenvalue weighted by molar-refractivity contribution is 0.0524. The minimum Gasteiger partial charge on any atom is -0.444 e. The lowest BCUT2D eigenvalue weighted by atomic mass is 9.87. The Labute approximate surface area is 139 Å². The van der Waals surface area contributed by atoms with Gasteiger partial charge >= 0.3 is 6.09 Å². The van der Waals surface area contributed by atoms with Crippen molar-refractivity contribution in [3.63, 3.8) is 0 Å². The summed E-state index contributed by atoms with van der Waals surface area (Å²) in [5, 5.41) is 15.8. The van der Waals surface area contributed by atoms with E-state index in [-0.39, 0.29) is 12.1 Å². The van der Waals surface area contributed by atoms with Crippen molar-refractivity contribution < 1.29 is 14.6 Å². The van der Waals surface area contributed by atoms with Gasteiger partial charge in [0.15, 0.2) is 0 Å². The van der Waals surface area contributed by atoms with Gasteiger partial charge in [-0.2, -0.15) is 0 Å². The number of hydrogen-bond donors (Lipinski definition) is 3. The van der Waals surface area contributed by atoms with Gasteiger partial charge in [0.2, 0.25) is 0 Å². The van der Waals surface area contributed by atoms with Gasteiger partial charge in [0.05, 0.1) is 6.61 Å². The highest BCUT2D eigenvalue weighted by molar-refractivity contribution is 5.67. The van der Waals surface area contributed by atoms with Crippen LogP contribution in [0.5, 0.6) is 0 Å². The van der Waals surface area contributed by atoms with Gasteiger partial charge in [-0.25, -0.2) is 4.79 Å². The summed E-state index contributed by atoms with van der Waals surface area (Å²) < 4.78 is 5.20. The molecule has 0 heterocycles. The number of ether oxygens (including phenoxy) is 1. The fourth-order valence-electron chi connectivity index (χ4n) is 2.43. The fraction of sp³-hybridized carbons (Fsp3) is 0.611. The molecule has 1 amide bonds. The van der Waals surface area contributed by atoms with E-state index in [4.69, 9.17) is 4.74 Å². The van der Waals surface area contributed by atoms with Crippen LogP contribution in [0.25, 0.3) is 0 Å². The summed E-state index contributed by atoms with van der Waals surface area (Å²) in [6.07, 6.45) is 1.85. The van der Waals surface area contributed by atoms with Crippen LogP contribution in [-0.4, -0.2) is 42.5 Å². The maximum Gasteiger partial charge on any atom is 0.407 e. The molecule has 0 bridgehead atoms. The molecule has 0 saturated heterocycles. The highest BCUT2D eigenvalue weighted by Gasteiger charge is 2.27. The summed E-state index contributed by atoms with van der Waals surface area (Å²) in [7, 11) is 1.86. The number of nitrogens with one attached hydrogen (secondary N) is 2. The number of amides is 1. The average molecular weight is 322 g/mol. The van der Waals surface area contributed by atoms with E-state index in [1.165, 1.54) is 5.56 Å². The molecule has 0 radical (unpaired) electrons. The SMILES string of the molecule is CN[C@](CO)(CCCNC(=O)OC(C)(C)C)Cc1ccccc1. The molecule has 1 aromatic carbocycles. The summed E-state index contributed by atoms with van der Waals surface area (Å²) in [6, 6.07) is 10.1. The first kappa shape index (κ1) is 19.5. The molecule has 0 aliphatic heterocycles. The van der Waals surface area contributed by atoms with Crippen molar-refractivity contribution in [3.05, 3.63) is 35.9 Å². The molecule has 1 atom stereocenters. The molecule has 130 valence electrons. The Bertz CT molecular complexity index is 465. The van der Waals surface area contributed by atoms with Crippen LogP contribution in [0.15, 0.2) is 30.3 Å². The van der Waals surface area contributed by atoms with E-state index in [0.717, 1.165) is 19.3 Å². The Balaban J connectivity index is 2.46. The second-order valence-electron chi connectivity index (χ2n) is 6.88. The van der Waals surface area contributed by atoms with E-state index in [2.05, 4.69) is 22.8 Å². The quantitative estimate of drug-likeness (QED) is 0.643. The monoisotopic (exact) mass is 322 g/mol. The zero-order valence-electron chi connectivity index (χ0n) is 14.7. The number of benzene rings is 1. The second kappa shape index (κ2) is 8.89. The van der Waals surface area contributed by atoms with Gasteiger partial charge in [-0.05, 0) is 52.6 Å². The molecule has 0 aliphatic carbocycles. The molecule has 5 nitrogen and oxygen atoms in total. The van der Waals surface area contributed by atoms with Crippen molar-refractivity contribution in [2.75, 3.05) is 20.2 Å². The van der Waals surface area contributed by atoms with Crippen LogP contribution in [0.3, 0.4) is 0 Å². The largest absolute Gasteiger partial charge is 0.444 e. The highest BCUT2D eigenvalue weighted by Crippen LogP contribution is 2.18. The van der Waals surface area contributed by atoms with Crippen LogP contribution in [0.1, 0.15) is 39.2 Å². The third-order valence-electron chi connectivity index (χ3n) is 3.72. The summed E-state index contributed by atoms with van der Waals surface area (Å²) in [6.45, 7) is 6.08.